The third-order valence-corrected chi connectivity index (χ3v) is 3.34. The van der Waals surface area contributed by atoms with Crippen molar-refractivity contribution in [2.75, 3.05) is 0 Å². The van der Waals surface area contributed by atoms with Gasteiger partial charge in [-0.2, -0.15) is 0 Å². The topological polar surface area (TPSA) is 72.6 Å². The molecule has 0 fully saturated rings. The molecule has 0 saturated heterocycles. The van der Waals surface area contributed by atoms with Gasteiger partial charge in [-0.05, 0) is 25.5 Å². The van der Waals surface area contributed by atoms with E-state index in [1.165, 1.54) is 6.07 Å². The van der Waals surface area contributed by atoms with Crippen molar-refractivity contribution >= 4 is 5.69 Å². The van der Waals surface area contributed by atoms with Gasteiger partial charge in [0, 0.05) is 11.6 Å². The average Bonchev–Trinajstić information content (AvgIpc) is 2.49. The summed E-state index contributed by atoms with van der Waals surface area (Å²) in [6.07, 6.45) is -0.0610. The molecule has 0 radical (unpaired) electrons. The Morgan fingerprint density at radius 1 is 1.19 bits per heavy atom. The summed E-state index contributed by atoms with van der Waals surface area (Å²) < 4.78 is 5.79. The Morgan fingerprint density at radius 3 is 2.52 bits per heavy atom. The number of hydrogen-bond donors (Lipinski definition) is 1. The highest BCUT2D eigenvalue weighted by molar-refractivity contribution is 5.50. The first kappa shape index (κ1) is 15.0. The molecule has 0 spiro atoms. The number of aliphatic hydroxyl groups is 1. The lowest BCUT2D eigenvalue weighted by atomic mass is 10.1. The van der Waals surface area contributed by atoms with Gasteiger partial charge < -0.3 is 9.84 Å². The fourth-order valence-corrected chi connectivity index (χ4v) is 2.10. The number of rotatable bonds is 5. The van der Waals surface area contributed by atoms with Crippen LogP contribution < -0.4 is 4.74 Å². The molecule has 0 aliphatic heterocycles. The number of benzene rings is 2. The van der Waals surface area contributed by atoms with Gasteiger partial charge in [-0.1, -0.05) is 31.2 Å². The molecule has 2 rings (SSSR count). The fraction of sp³-hybridized carbons (Fsp3) is 0.250. The molecule has 0 aliphatic rings. The van der Waals surface area contributed by atoms with Gasteiger partial charge in [0.2, 0.25) is 0 Å². The van der Waals surface area contributed by atoms with Crippen LogP contribution in [0.5, 0.6) is 11.5 Å². The molecule has 5 nitrogen and oxygen atoms in total. The summed E-state index contributed by atoms with van der Waals surface area (Å²) in [5.41, 5.74) is 1.15. The van der Waals surface area contributed by atoms with Crippen LogP contribution in [0, 0.1) is 17.0 Å². The molecule has 0 bridgehead atoms. The molecule has 0 aliphatic carbocycles. The lowest BCUT2D eigenvalue weighted by Crippen LogP contribution is -2.00. The van der Waals surface area contributed by atoms with E-state index in [9.17, 15) is 15.2 Å². The normalized spacial score (nSPS) is 12.0. The molecule has 1 atom stereocenters. The molecule has 110 valence electrons. The molecule has 0 aromatic heterocycles. The van der Waals surface area contributed by atoms with E-state index in [2.05, 4.69) is 0 Å². The number of hydrogen-bond acceptors (Lipinski definition) is 4. The molecule has 0 heterocycles. The molecular weight excluding hydrogens is 270 g/mol. The number of aliphatic hydroxyl groups excluding tert-OH is 1. The number of nitro groups is 1. The van der Waals surface area contributed by atoms with Gasteiger partial charge >= 0.3 is 0 Å². The van der Waals surface area contributed by atoms with Crippen molar-refractivity contribution in [2.45, 2.75) is 26.4 Å². The Morgan fingerprint density at radius 2 is 1.86 bits per heavy atom. The number of nitro benzene ring substituents is 1. The number of para-hydroxylation sites is 1. The third-order valence-electron chi connectivity index (χ3n) is 3.34. The summed E-state index contributed by atoms with van der Waals surface area (Å²) in [5.74, 6) is 0.926. The second kappa shape index (κ2) is 6.37. The minimum Gasteiger partial charge on any atom is -0.456 e. The smallest absolute Gasteiger partial charge is 0.276 e. The average molecular weight is 287 g/mol. The molecule has 0 saturated carbocycles. The van der Waals surface area contributed by atoms with Crippen LogP contribution in [0.1, 0.15) is 30.6 Å². The molecule has 0 unspecified atom stereocenters. The standard InChI is InChI=1S/C16H17NO4/c1-3-14(18)12-7-4-5-9-16(12)21-15-10-6-8-13(11(15)2)17(19)20/h4-10,14,18H,3H2,1-2H3/t14-/m1/s1. The summed E-state index contributed by atoms with van der Waals surface area (Å²) in [6, 6.07) is 11.9. The van der Waals surface area contributed by atoms with Crippen LogP contribution >= 0.6 is 0 Å². The largest absolute Gasteiger partial charge is 0.456 e. The van der Waals surface area contributed by atoms with Crippen LogP contribution in [0.2, 0.25) is 0 Å². The van der Waals surface area contributed by atoms with Crippen molar-refractivity contribution in [3.8, 4) is 11.5 Å². The van der Waals surface area contributed by atoms with E-state index in [4.69, 9.17) is 4.74 Å². The summed E-state index contributed by atoms with van der Waals surface area (Å²) in [6.45, 7) is 3.52. The van der Waals surface area contributed by atoms with E-state index in [0.29, 0.717) is 29.0 Å². The predicted octanol–water partition coefficient (Wildman–Crippen LogP) is 4.14. The van der Waals surface area contributed by atoms with Crippen LogP contribution in [-0.2, 0) is 0 Å². The Kier molecular flexibility index (Phi) is 4.55. The van der Waals surface area contributed by atoms with E-state index >= 15 is 0 Å². The molecule has 2 aromatic carbocycles. The van der Waals surface area contributed by atoms with Gasteiger partial charge in [-0.3, -0.25) is 10.1 Å². The minimum atomic E-state index is -0.625. The highest BCUT2D eigenvalue weighted by Crippen LogP contribution is 2.34. The Bertz CT molecular complexity index is 654. The SMILES string of the molecule is CC[C@@H](O)c1ccccc1Oc1cccc([N+](=O)[O-])c1C. The summed E-state index contributed by atoms with van der Waals surface area (Å²) in [7, 11) is 0. The van der Waals surface area contributed by atoms with Crippen LogP contribution in [-0.4, -0.2) is 10.0 Å². The van der Waals surface area contributed by atoms with Crippen molar-refractivity contribution in [3.05, 3.63) is 63.7 Å². The maximum Gasteiger partial charge on any atom is 0.276 e. The highest BCUT2D eigenvalue weighted by Gasteiger charge is 2.17. The van der Waals surface area contributed by atoms with Crippen molar-refractivity contribution < 1.29 is 14.8 Å². The first-order valence-corrected chi connectivity index (χ1v) is 6.73. The van der Waals surface area contributed by atoms with Gasteiger partial charge in [0.1, 0.15) is 11.5 Å². The molecule has 2 aromatic rings. The van der Waals surface area contributed by atoms with Crippen molar-refractivity contribution in [1.29, 1.82) is 0 Å². The van der Waals surface area contributed by atoms with E-state index in [1.54, 1.807) is 37.3 Å². The first-order chi connectivity index (χ1) is 10.0. The van der Waals surface area contributed by atoms with Crippen molar-refractivity contribution in [1.82, 2.24) is 0 Å². The lowest BCUT2D eigenvalue weighted by Gasteiger charge is -2.15. The maximum absolute atomic E-state index is 11.0. The van der Waals surface area contributed by atoms with Crippen molar-refractivity contribution in [3.63, 3.8) is 0 Å². The number of nitrogens with zero attached hydrogens (tertiary/aromatic N) is 1. The zero-order valence-electron chi connectivity index (χ0n) is 11.9. The quantitative estimate of drug-likeness (QED) is 0.662. The molecule has 21 heavy (non-hydrogen) atoms. The van der Waals surface area contributed by atoms with E-state index < -0.39 is 11.0 Å². The zero-order valence-corrected chi connectivity index (χ0v) is 11.9. The van der Waals surface area contributed by atoms with E-state index in [-0.39, 0.29) is 5.69 Å². The Labute approximate surface area is 123 Å². The number of ether oxygens (including phenoxy) is 1. The van der Waals surface area contributed by atoms with Crippen LogP contribution in [0.4, 0.5) is 5.69 Å². The first-order valence-electron chi connectivity index (χ1n) is 6.73. The van der Waals surface area contributed by atoms with Gasteiger partial charge in [0.05, 0.1) is 16.6 Å². The molecule has 1 N–H and O–H groups in total. The summed E-state index contributed by atoms with van der Waals surface area (Å²) in [4.78, 5) is 10.5. The highest BCUT2D eigenvalue weighted by atomic mass is 16.6. The maximum atomic E-state index is 11.0. The molecule has 0 amide bonds. The second-order valence-corrected chi connectivity index (χ2v) is 4.72. The monoisotopic (exact) mass is 287 g/mol. The van der Waals surface area contributed by atoms with Gasteiger partial charge in [-0.25, -0.2) is 0 Å². The van der Waals surface area contributed by atoms with Crippen LogP contribution in [0.3, 0.4) is 0 Å². The summed E-state index contributed by atoms with van der Waals surface area (Å²) in [5, 5.41) is 21.0. The summed E-state index contributed by atoms with van der Waals surface area (Å²) >= 11 is 0. The van der Waals surface area contributed by atoms with Gasteiger partial charge in [0.25, 0.3) is 5.69 Å². The minimum absolute atomic E-state index is 0.0148. The lowest BCUT2D eigenvalue weighted by molar-refractivity contribution is -0.385. The third kappa shape index (κ3) is 3.20. The Balaban J connectivity index is 2.40. The second-order valence-electron chi connectivity index (χ2n) is 4.72. The van der Waals surface area contributed by atoms with Crippen LogP contribution in [0.25, 0.3) is 0 Å². The molecular formula is C16H17NO4. The van der Waals surface area contributed by atoms with Crippen molar-refractivity contribution in [2.24, 2.45) is 0 Å². The predicted molar refractivity (Wildman–Crippen MR) is 79.6 cm³/mol. The van der Waals surface area contributed by atoms with E-state index in [1.807, 2.05) is 13.0 Å². The zero-order chi connectivity index (χ0) is 15.4. The van der Waals surface area contributed by atoms with Gasteiger partial charge in [-0.15, -0.1) is 0 Å². The van der Waals surface area contributed by atoms with Crippen LogP contribution in [0.15, 0.2) is 42.5 Å². The van der Waals surface area contributed by atoms with E-state index in [0.717, 1.165) is 0 Å². The fourth-order valence-electron chi connectivity index (χ4n) is 2.10. The van der Waals surface area contributed by atoms with Gasteiger partial charge in [0.15, 0.2) is 0 Å². The molecule has 5 heteroatoms. The Hall–Kier alpha value is -2.40.